The number of hydrogen-bond donors (Lipinski definition) is 2. The highest BCUT2D eigenvalue weighted by Gasteiger charge is 2.26. The molecule has 0 atom stereocenters. The first kappa shape index (κ1) is 14.6. The number of nitrogens with one attached hydrogen (secondary N) is 1. The molecule has 8 nitrogen and oxygen atoms in total. The smallest absolute Gasteiger partial charge is 0.258 e. The van der Waals surface area contributed by atoms with Gasteiger partial charge in [0.2, 0.25) is 11.2 Å². The Morgan fingerprint density at radius 3 is 2.60 bits per heavy atom. The van der Waals surface area contributed by atoms with E-state index in [9.17, 15) is 5.11 Å². The molecule has 0 aliphatic carbocycles. The van der Waals surface area contributed by atoms with E-state index in [1.54, 1.807) is 0 Å². The van der Waals surface area contributed by atoms with Gasteiger partial charge in [0, 0.05) is 0 Å². The Bertz CT molecular complexity index is 548. The summed E-state index contributed by atoms with van der Waals surface area (Å²) in [5, 5.41) is 16.7. The Balaban J connectivity index is 2.33. The predicted octanol–water partition coefficient (Wildman–Crippen LogP) is 1.07. The molecule has 0 spiro atoms. The molecule has 2 aromatic heterocycles. The topological polar surface area (TPSA) is 102 Å². The van der Waals surface area contributed by atoms with E-state index in [-0.39, 0.29) is 17.8 Å². The lowest BCUT2D eigenvalue weighted by atomic mass is 9.94. The highest BCUT2D eigenvalue weighted by molar-refractivity contribution is 6.28. The van der Waals surface area contributed by atoms with Crippen molar-refractivity contribution in [3.8, 4) is 5.95 Å². The van der Waals surface area contributed by atoms with E-state index in [0.29, 0.717) is 5.95 Å². The average Bonchev–Trinajstić information content (AvgIpc) is 2.98. The van der Waals surface area contributed by atoms with Gasteiger partial charge in [0.25, 0.3) is 5.95 Å². The molecule has 0 amide bonds. The van der Waals surface area contributed by atoms with Crippen LogP contribution >= 0.6 is 11.6 Å². The Morgan fingerprint density at radius 1 is 1.30 bits per heavy atom. The second kappa shape index (κ2) is 6.10. The molecule has 2 aromatic rings. The summed E-state index contributed by atoms with van der Waals surface area (Å²) in [5.41, 5.74) is -0.482. The number of aromatic nitrogens is 6. The quantitative estimate of drug-likeness (QED) is 0.822. The van der Waals surface area contributed by atoms with Gasteiger partial charge in [-0.25, -0.2) is 4.98 Å². The van der Waals surface area contributed by atoms with Crippen LogP contribution in [0.15, 0.2) is 12.7 Å². The van der Waals surface area contributed by atoms with Gasteiger partial charge in [-0.05, 0) is 24.4 Å². The first-order valence-electron chi connectivity index (χ1n) is 6.28. The normalized spacial score (nSPS) is 11.6. The molecule has 9 heteroatoms. The molecule has 0 saturated heterocycles. The molecule has 0 fully saturated rings. The number of anilines is 1. The largest absolute Gasteiger partial charge is 0.394 e. The minimum absolute atomic E-state index is 0.0258. The van der Waals surface area contributed by atoms with Crippen molar-refractivity contribution in [2.45, 2.75) is 32.2 Å². The summed E-state index contributed by atoms with van der Waals surface area (Å²) in [6, 6.07) is 0. The van der Waals surface area contributed by atoms with Crippen LogP contribution in [0.4, 0.5) is 5.95 Å². The van der Waals surface area contributed by atoms with Crippen LogP contribution in [0.2, 0.25) is 5.28 Å². The third-order valence-electron chi connectivity index (χ3n) is 3.25. The fourth-order valence-electron chi connectivity index (χ4n) is 1.74. The van der Waals surface area contributed by atoms with Gasteiger partial charge in [0.1, 0.15) is 12.7 Å². The van der Waals surface area contributed by atoms with Crippen LogP contribution in [0, 0.1) is 0 Å². The Hall–Kier alpha value is -1.80. The van der Waals surface area contributed by atoms with Crippen LogP contribution in [-0.4, -0.2) is 47.0 Å². The maximum absolute atomic E-state index is 9.57. The first-order valence-corrected chi connectivity index (χ1v) is 6.66. The maximum Gasteiger partial charge on any atom is 0.258 e. The third kappa shape index (κ3) is 3.02. The van der Waals surface area contributed by atoms with E-state index in [4.69, 9.17) is 11.6 Å². The summed E-state index contributed by atoms with van der Waals surface area (Å²) in [6.45, 7) is 3.93. The van der Waals surface area contributed by atoms with Crippen molar-refractivity contribution in [3.05, 3.63) is 17.9 Å². The van der Waals surface area contributed by atoms with Crippen molar-refractivity contribution < 1.29 is 5.11 Å². The lowest BCUT2D eigenvalue weighted by Gasteiger charge is -2.30. The fourth-order valence-corrected chi connectivity index (χ4v) is 1.89. The van der Waals surface area contributed by atoms with Crippen LogP contribution in [0.3, 0.4) is 0 Å². The van der Waals surface area contributed by atoms with Crippen molar-refractivity contribution in [1.29, 1.82) is 0 Å². The molecule has 0 bridgehead atoms. The molecule has 0 unspecified atom stereocenters. The van der Waals surface area contributed by atoms with Gasteiger partial charge in [-0.1, -0.05) is 13.8 Å². The number of nitrogens with zero attached hydrogens (tertiary/aromatic N) is 6. The van der Waals surface area contributed by atoms with Gasteiger partial charge in [0.05, 0.1) is 12.1 Å². The van der Waals surface area contributed by atoms with Crippen molar-refractivity contribution >= 4 is 17.5 Å². The second-order valence-electron chi connectivity index (χ2n) is 4.34. The van der Waals surface area contributed by atoms with Gasteiger partial charge >= 0.3 is 0 Å². The van der Waals surface area contributed by atoms with Crippen LogP contribution in [-0.2, 0) is 0 Å². The van der Waals surface area contributed by atoms with Gasteiger partial charge in [0.15, 0.2) is 0 Å². The summed E-state index contributed by atoms with van der Waals surface area (Å²) in [6.07, 6.45) is 4.29. The number of hydrogen-bond acceptors (Lipinski definition) is 7. The average molecular weight is 298 g/mol. The third-order valence-corrected chi connectivity index (χ3v) is 3.42. The lowest BCUT2D eigenvalue weighted by Crippen LogP contribution is -2.41. The van der Waals surface area contributed by atoms with E-state index in [1.807, 2.05) is 13.8 Å². The van der Waals surface area contributed by atoms with Gasteiger partial charge in [-0.15, -0.1) is 0 Å². The highest BCUT2D eigenvalue weighted by Crippen LogP contribution is 2.20. The summed E-state index contributed by atoms with van der Waals surface area (Å²) in [7, 11) is 0. The molecular weight excluding hydrogens is 282 g/mol. The molecule has 0 radical (unpaired) electrons. The molecule has 2 rings (SSSR count). The summed E-state index contributed by atoms with van der Waals surface area (Å²) in [5.74, 6) is 0.567. The van der Waals surface area contributed by atoms with Crippen LogP contribution in [0.25, 0.3) is 5.95 Å². The minimum atomic E-state index is -0.482. The van der Waals surface area contributed by atoms with Gasteiger partial charge in [-0.3, -0.25) is 0 Å². The summed E-state index contributed by atoms with van der Waals surface area (Å²) < 4.78 is 1.39. The molecule has 0 saturated carbocycles. The van der Waals surface area contributed by atoms with E-state index < -0.39 is 5.54 Å². The van der Waals surface area contributed by atoms with Crippen molar-refractivity contribution in [2.24, 2.45) is 0 Å². The number of halogens is 1. The number of aliphatic hydroxyl groups excluding tert-OH is 1. The van der Waals surface area contributed by atoms with Gasteiger partial charge in [-0.2, -0.15) is 24.7 Å². The predicted molar refractivity (Wildman–Crippen MR) is 73.8 cm³/mol. The van der Waals surface area contributed by atoms with E-state index >= 15 is 0 Å². The van der Waals surface area contributed by atoms with Crippen molar-refractivity contribution in [1.82, 2.24) is 29.7 Å². The highest BCUT2D eigenvalue weighted by atomic mass is 35.5. The number of rotatable bonds is 6. The zero-order valence-corrected chi connectivity index (χ0v) is 12.0. The monoisotopic (exact) mass is 297 g/mol. The second-order valence-corrected chi connectivity index (χ2v) is 4.68. The van der Waals surface area contributed by atoms with Crippen LogP contribution in [0.5, 0.6) is 0 Å². The maximum atomic E-state index is 9.57. The van der Waals surface area contributed by atoms with Crippen LogP contribution < -0.4 is 5.32 Å². The van der Waals surface area contributed by atoms with Crippen LogP contribution in [0.1, 0.15) is 26.7 Å². The molecule has 0 aliphatic rings. The van der Waals surface area contributed by atoms with Crippen molar-refractivity contribution in [2.75, 3.05) is 11.9 Å². The SMILES string of the molecule is CCC(CC)(CO)Nc1nc(Cl)nc(-n2cncn2)n1. The van der Waals surface area contributed by atoms with E-state index in [1.165, 1.54) is 17.3 Å². The molecule has 108 valence electrons. The first-order chi connectivity index (χ1) is 9.62. The zero-order chi connectivity index (χ0) is 14.6. The molecule has 2 heterocycles. The molecule has 2 N–H and O–H groups in total. The summed E-state index contributed by atoms with van der Waals surface area (Å²) >= 11 is 5.90. The van der Waals surface area contributed by atoms with E-state index in [0.717, 1.165) is 12.8 Å². The molecule has 0 aliphatic heterocycles. The fraction of sp³-hybridized carbons (Fsp3) is 0.545. The molecule has 20 heavy (non-hydrogen) atoms. The van der Waals surface area contributed by atoms with Gasteiger partial charge < -0.3 is 10.4 Å². The summed E-state index contributed by atoms with van der Waals surface area (Å²) in [4.78, 5) is 16.1. The van der Waals surface area contributed by atoms with Crippen molar-refractivity contribution in [3.63, 3.8) is 0 Å². The zero-order valence-electron chi connectivity index (χ0n) is 11.3. The Morgan fingerprint density at radius 2 is 2.05 bits per heavy atom. The van der Waals surface area contributed by atoms with E-state index in [2.05, 4.69) is 30.4 Å². The Labute approximate surface area is 121 Å². The molecular formula is C11H16ClN7O. The lowest BCUT2D eigenvalue weighted by molar-refractivity contribution is 0.201. The standard InChI is InChI=1S/C11H16ClN7O/c1-3-11(4-2,5-20)18-9-15-8(12)16-10(17-9)19-7-13-6-14-19/h6-7,20H,3-5H2,1-2H3,(H,15,16,17,18). The minimum Gasteiger partial charge on any atom is -0.394 e. The molecule has 0 aromatic carbocycles. The Kier molecular flexibility index (Phi) is 4.46. The number of aliphatic hydroxyl groups is 1.